The van der Waals surface area contributed by atoms with Crippen LogP contribution in [0.2, 0.25) is 0 Å². The molecule has 2 rings (SSSR count). The third-order valence-corrected chi connectivity index (χ3v) is 3.06. The molecule has 0 N–H and O–H groups in total. The van der Waals surface area contributed by atoms with E-state index in [1.165, 1.54) is 12.1 Å². The molecule has 0 bridgehead atoms. The molecule has 1 saturated heterocycles. The van der Waals surface area contributed by atoms with Crippen molar-refractivity contribution in [3.05, 3.63) is 34.4 Å². The van der Waals surface area contributed by atoms with Gasteiger partial charge in [-0.2, -0.15) is 13.2 Å². The number of nitro groups is 1. The summed E-state index contributed by atoms with van der Waals surface area (Å²) in [6, 6.07) is 6.08. The SMILES string of the molecule is O=[N+]([O-])c1ccccc1N1CCN(C(F)(F)F)CC1. The Hall–Kier alpha value is -1.83. The lowest BCUT2D eigenvalue weighted by Gasteiger charge is -2.36. The second-order valence-electron chi connectivity index (χ2n) is 4.19. The maximum atomic E-state index is 12.5. The van der Waals surface area contributed by atoms with E-state index in [1.54, 1.807) is 17.0 Å². The van der Waals surface area contributed by atoms with Crippen LogP contribution in [0.1, 0.15) is 0 Å². The third-order valence-electron chi connectivity index (χ3n) is 3.06. The molecule has 8 heteroatoms. The van der Waals surface area contributed by atoms with Crippen molar-refractivity contribution < 1.29 is 18.1 Å². The van der Waals surface area contributed by atoms with Gasteiger partial charge in [-0.25, -0.2) is 4.90 Å². The zero-order valence-corrected chi connectivity index (χ0v) is 9.93. The standard InChI is InChI=1S/C11H12F3N3O2/c12-11(13,14)16-7-5-15(6-8-16)9-3-1-2-4-10(9)17(18)19/h1-4H,5-8H2. The van der Waals surface area contributed by atoms with Crippen molar-refractivity contribution in [1.82, 2.24) is 4.90 Å². The van der Waals surface area contributed by atoms with E-state index < -0.39 is 11.2 Å². The van der Waals surface area contributed by atoms with Crippen LogP contribution in [-0.2, 0) is 0 Å². The molecule has 0 saturated carbocycles. The van der Waals surface area contributed by atoms with Crippen LogP contribution < -0.4 is 4.90 Å². The number of anilines is 1. The van der Waals surface area contributed by atoms with Gasteiger partial charge in [0.2, 0.25) is 0 Å². The van der Waals surface area contributed by atoms with Crippen molar-refractivity contribution in [3.63, 3.8) is 0 Å². The van der Waals surface area contributed by atoms with Crippen LogP contribution in [0.5, 0.6) is 0 Å². The second-order valence-corrected chi connectivity index (χ2v) is 4.19. The van der Waals surface area contributed by atoms with E-state index in [4.69, 9.17) is 0 Å². The maximum absolute atomic E-state index is 12.5. The van der Waals surface area contributed by atoms with Crippen molar-refractivity contribution in [3.8, 4) is 0 Å². The minimum Gasteiger partial charge on any atom is -0.363 e. The summed E-state index contributed by atoms with van der Waals surface area (Å²) in [5.41, 5.74) is 0.289. The first-order chi connectivity index (χ1) is 8.89. The molecule has 104 valence electrons. The number of piperazine rings is 1. The van der Waals surface area contributed by atoms with Crippen molar-refractivity contribution in [1.29, 1.82) is 0 Å². The second kappa shape index (κ2) is 5.04. The Bertz CT molecular complexity index is 470. The van der Waals surface area contributed by atoms with Gasteiger partial charge in [-0.3, -0.25) is 10.1 Å². The fourth-order valence-corrected chi connectivity index (χ4v) is 2.09. The highest BCUT2D eigenvalue weighted by molar-refractivity contribution is 5.63. The first-order valence-electron chi connectivity index (χ1n) is 5.70. The molecule has 0 aliphatic carbocycles. The lowest BCUT2D eigenvalue weighted by molar-refractivity contribution is -0.384. The molecule has 0 unspecified atom stereocenters. The summed E-state index contributed by atoms with van der Waals surface area (Å²) in [5, 5.41) is 10.9. The van der Waals surface area contributed by atoms with Crippen LogP contribution in [-0.4, -0.2) is 42.3 Å². The predicted octanol–water partition coefficient (Wildman–Crippen LogP) is 2.24. The van der Waals surface area contributed by atoms with E-state index in [2.05, 4.69) is 0 Å². The average molecular weight is 275 g/mol. The summed E-state index contributed by atoms with van der Waals surface area (Å²) < 4.78 is 37.4. The molecule has 0 amide bonds. The first kappa shape index (κ1) is 13.6. The normalized spacial score (nSPS) is 17.5. The van der Waals surface area contributed by atoms with Gasteiger partial charge in [0, 0.05) is 32.2 Å². The number of halogens is 3. The summed E-state index contributed by atoms with van der Waals surface area (Å²) in [5.74, 6) is 0. The molecule has 1 aromatic rings. The number of nitrogens with zero attached hydrogens (tertiary/aromatic N) is 3. The molecule has 1 aromatic carbocycles. The van der Waals surface area contributed by atoms with Crippen LogP contribution in [0.3, 0.4) is 0 Å². The highest BCUT2D eigenvalue weighted by atomic mass is 19.4. The molecule has 1 fully saturated rings. The quantitative estimate of drug-likeness (QED) is 0.472. The number of hydrogen-bond donors (Lipinski definition) is 0. The maximum Gasteiger partial charge on any atom is 0.460 e. The zero-order chi connectivity index (χ0) is 14.0. The van der Waals surface area contributed by atoms with E-state index in [0.29, 0.717) is 10.6 Å². The largest absolute Gasteiger partial charge is 0.460 e. The van der Waals surface area contributed by atoms with E-state index >= 15 is 0 Å². The summed E-state index contributed by atoms with van der Waals surface area (Å²) >= 11 is 0. The number of nitro benzene ring substituents is 1. The van der Waals surface area contributed by atoms with Crippen molar-refractivity contribution >= 4 is 11.4 Å². The Balaban J connectivity index is 2.12. The smallest absolute Gasteiger partial charge is 0.363 e. The number of benzene rings is 1. The fourth-order valence-electron chi connectivity index (χ4n) is 2.09. The Kier molecular flexibility index (Phi) is 3.61. The zero-order valence-electron chi connectivity index (χ0n) is 9.93. The van der Waals surface area contributed by atoms with Crippen LogP contribution in [0.25, 0.3) is 0 Å². The van der Waals surface area contributed by atoms with Gasteiger partial charge in [0.25, 0.3) is 5.69 Å². The predicted molar refractivity (Wildman–Crippen MR) is 62.9 cm³/mol. The number of rotatable bonds is 2. The molecule has 1 aliphatic rings. The lowest BCUT2D eigenvalue weighted by atomic mass is 10.2. The van der Waals surface area contributed by atoms with Gasteiger partial charge in [-0.1, -0.05) is 12.1 Å². The Morgan fingerprint density at radius 3 is 2.21 bits per heavy atom. The molecule has 5 nitrogen and oxygen atoms in total. The molecule has 1 heterocycles. The van der Waals surface area contributed by atoms with E-state index in [9.17, 15) is 23.3 Å². The lowest BCUT2D eigenvalue weighted by Crippen LogP contribution is -2.52. The summed E-state index contributed by atoms with van der Waals surface area (Å²) in [4.78, 5) is 12.4. The van der Waals surface area contributed by atoms with Crippen molar-refractivity contribution in [2.75, 3.05) is 31.1 Å². The van der Waals surface area contributed by atoms with Gasteiger partial charge < -0.3 is 4.90 Å². The Labute approximate surface area is 107 Å². The molecule has 0 spiro atoms. The molecular weight excluding hydrogens is 263 g/mol. The molecule has 1 aliphatic heterocycles. The fraction of sp³-hybridized carbons (Fsp3) is 0.455. The van der Waals surface area contributed by atoms with Crippen molar-refractivity contribution in [2.24, 2.45) is 0 Å². The summed E-state index contributed by atoms with van der Waals surface area (Å²) in [6.45, 7) is -0.139. The van der Waals surface area contributed by atoms with E-state index in [-0.39, 0.29) is 31.9 Å². The van der Waals surface area contributed by atoms with Gasteiger partial charge in [0.05, 0.1) is 4.92 Å². The van der Waals surface area contributed by atoms with Gasteiger partial charge >= 0.3 is 6.30 Å². The monoisotopic (exact) mass is 275 g/mol. The van der Waals surface area contributed by atoms with Gasteiger partial charge in [0.1, 0.15) is 5.69 Å². The van der Waals surface area contributed by atoms with Gasteiger partial charge in [-0.05, 0) is 6.07 Å². The Morgan fingerprint density at radius 1 is 1.11 bits per heavy atom. The van der Waals surface area contributed by atoms with Crippen LogP contribution >= 0.6 is 0 Å². The van der Waals surface area contributed by atoms with Gasteiger partial charge in [0.15, 0.2) is 0 Å². The average Bonchev–Trinajstić information content (AvgIpc) is 2.38. The van der Waals surface area contributed by atoms with Gasteiger partial charge in [-0.15, -0.1) is 0 Å². The van der Waals surface area contributed by atoms with Crippen molar-refractivity contribution in [2.45, 2.75) is 6.30 Å². The number of hydrogen-bond acceptors (Lipinski definition) is 4. The van der Waals surface area contributed by atoms with E-state index in [0.717, 1.165) is 0 Å². The first-order valence-corrected chi connectivity index (χ1v) is 5.70. The minimum absolute atomic E-state index is 0.0806. The number of para-hydroxylation sites is 2. The Morgan fingerprint density at radius 2 is 1.68 bits per heavy atom. The molecular formula is C11H12F3N3O2. The highest BCUT2D eigenvalue weighted by Crippen LogP contribution is 2.30. The minimum atomic E-state index is -4.34. The highest BCUT2D eigenvalue weighted by Gasteiger charge is 2.39. The molecule has 0 atom stereocenters. The molecule has 0 radical (unpaired) electrons. The van der Waals surface area contributed by atoms with E-state index in [1.807, 2.05) is 0 Å². The van der Waals surface area contributed by atoms with Crippen LogP contribution in [0, 0.1) is 10.1 Å². The van der Waals surface area contributed by atoms with Crippen LogP contribution in [0.15, 0.2) is 24.3 Å². The third kappa shape index (κ3) is 2.95. The molecule has 0 aromatic heterocycles. The summed E-state index contributed by atoms with van der Waals surface area (Å²) in [7, 11) is 0. The topological polar surface area (TPSA) is 49.6 Å². The van der Waals surface area contributed by atoms with Crippen LogP contribution in [0.4, 0.5) is 24.5 Å². The summed E-state index contributed by atoms with van der Waals surface area (Å²) in [6.07, 6.45) is -4.34. The number of alkyl halides is 3. The molecule has 19 heavy (non-hydrogen) atoms.